The second-order valence-electron chi connectivity index (χ2n) is 6.40. The molecule has 0 bridgehead atoms. The topological polar surface area (TPSA) is 59.2 Å². The maximum absolute atomic E-state index is 12.7. The lowest BCUT2D eigenvalue weighted by atomic mass is 9.96. The first kappa shape index (κ1) is 15.6. The van der Waals surface area contributed by atoms with Crippen molar-refractivity contribution in [1.29, 1.82) is 0 Å². The van der Waals surface area contributed by atoms with Gasteiger partial charge in [0, 0.05) is 17.0 Å². The summed E-state index contributed by atoms with van der Waals surface area (Å²) in [7, 11) is 0. The van der Waals surface area contributed by atoms with Gasteiger partial charge in [-0.15, -0.1) is 0 Å². The molecule has 1 saturated carbocycles. The fourth-order valence-electron chi connectivity index (χ4n) is 3.19. The molecule has 1 N–H and O–H groups in total. The highest BCUT2D eigenvalue weighted by Gasteiger charge is 2.25. The average molecular weight is 333 g/mol. The molecule has 4 nitrogen and oxygen atoms in total. The lowest BCUT2D eigenvalue weighted by Gasteiger charge is -2.12. The number of aromatic amines is 1. The fraction of sp³-hybridized carbons (Fsp3) is 0.238. The summed E-state index contributed by atoms with van der Waals surface area (Å²) in [4.78, 5) is 27.9. The van der Waals surface area contributed by atoms with Crippen LogP contribution in [0.25, 0.3) is 22.0 Å². The van der Waals surface area contributed by atoms with Crippen molar-refractivity contribution in [3.05, 3.63) is 70.0 Å². The average Bonchev–Trinajstić information content (AvgIpc) is 3.47. The Hall–Kier alpha value is -2.88. The van der Waals surface area contributed by atoms with Crippen LogP contribution in [-0.4, -0.2) is 17.6 Å². The van der Waals surface area contributed by atoms with Crippen molar-refractivity contribution < 1.29 is 9.53 Å². The highest BCUT2D eigenvalue weighted by molar-refractivity contribution is 5.97. The fourth-order valence-corrected chi connectivity index (χ4v) is 3.19. The molecule has 1 aromatic heterocycles. The molecule has 4 heteroatoms. The predicted molar refractivity (Wildman–Crippen MR) is 97.9 cm³/mol. The summed E-state index contributed by atoms with van der Waals surface area (Å²) in [6, 6.07) is 15.4. The number of ether oxygens (including phenoxy) is 1. The Morgan fingerprint density at radius 3 is 2.60 bits per heavy atom. The van der Waals surface area contributed by atoms with E-state index >= 15 is 0 Å². The Bertz CT molecular complexity index is 1000. The number of fused-ring (bicyclic) bond motifs is 1. The molecule has 0 unspecified atom stereocenters. The van der Waals surface area contributed by atoms with Gasteiger partial charge in [-0.1, -0.05) is 30.3 Å². The first-order valence-electron chi connectivity index (χ1n) is 8.61. The Labute approximate surface area is 145 Å². The Balaban J connectivity index is 1.99. The number of hydrogen-bond acceptors (Lipinski definition) is 3. The van der Waals surface area contributed by atoms with Gasteiger partial charge >= 0.3 is 5.97 Å². The molecule has 25 heavy (non-hydrogen) atoms. The Kier molecular flexibility index (Phi) is 3.88. The minimum Gasteiger partial charge on any atom is -0.461 e. The zero-order valence-electron chi connectivity index (χ0n) is 14.0. The number of rotatable bonds is 4. The number of hydrogen-bond donors (Lipinski definition) is 1. The molecule has 0 aliphatic heterocycles. The van der Waals surface area contributed by atoms with E-state index in [4.69, 9.17) is 4.74 Å². The molecule has 0 saturated heterocycles. The molecular weight excluding hydrogens is 314 g/mol. The van der Waals surface area contributed by atoms with E-state index in [0.717, 1.165) is 11.1 Å². The summed E-state index contributed by atoms with van der Waals surface area (Å²) >= 11 is 0. The molecule has 0 atom stereocenters. The molecule has 1 heterocycles. The third-order valence-corrected chi connectivity index (χ3v) is 4.59. The molecule has 1 fully saturated rings. The first-order chi connectivity index (χ1) is 12.2. The van der Waals surface area contributed by atoms with Crippen LogP contribution in [-0.2, 0) is 4.74 Å². The SMILES string of the molecule is CCOC(=O)c1cc(=O)c2cc(C3CC3)cc(-c3ccccc3)c2[nH]1. The van der Waals surface area contributed by atoms with Gasteiger partial charge in [-0.2, -0.15) is 0 Å². The third kappa shape index (κ3) is 2.95. The first-order valence-corrected chi connectivity index (χ1v) is 8.61. The van der Waals surface area contributed by atoms with E-state index in [2.05, 4.69) is 11.1 Å². The number of benzene rings is 2. The van der Waals surface area contributed by atoms with Crippen molar-refractivity contribution in [3.63, 3.8) is 0 Å². The maximum Gasteiger partial charge on any atom is 0.354 e. The summed E-state index contributed by atoms with van der Waals surface area (Å²) in [5.41, 5.74) is 3.88. The van der Waals surface area contributed by atoms with Crippen LogP contribution in [0.3, 0.4) is 0 Å². The smallest absolute Gasteiger partial charge is 0.354 e. The van der Waals surface area contributed by atoms with E-state index in [0.29, 0.717) is 16.8 Å². The molecule has 0 spiro atoms. The summed E-state index contributed by atoms with van der Waals surface area (Å²) in [5.74, 6) is 0.0303. The van der Waals surface area contributed by atoms with Gasteiger partial charge in [-0.25, -0.2) is 4.79 Å². The molecule has 2 aromatic carbocycles. The van der Waals surface area contributed by atoms with Crippen LogP contribution >= 0.6 is 0 Å². The van der Waals surface area contributed by atoms with Gasteiger partial charge in [0.1, 0.15) is 5.69 Å². The second kappa shape index (κ2) is 6.20. The van der Waals surface area contributed by atoms with Crippen LogP contribution in [0, 0.1) is 0 Å². The maximum atomic E-state index is 12.7. The number of pyridine rings is 1. The monoisotopic (exact) mass is 333 g/mol. The highest BCUT2D eigenvalue weighted by atomic mass is 16.5. The van der Waals surface area contributed by atoms with E-state index in [1.54, 1.807) is 6.92 Å². The number of carbonyl (C=O) groups is 1. The van der Waals surface area contributed by atoms with Gasteiger partial charge < -0.3 is 9.72 Å². The van der Waals surface area contributed by atoms with Gasteiger partial charge in [0.15, 0.2) is 5.43 Å². The van der Waals surface area contributed by atoms with Crippen molar-refractivity contribution in [2.75, 3.05) is 6.61 Å². The zero-order chi connectivity index (χ0) is 17.4. The van der Waals surface area contributed by atoms with Gasteiger partial charge in [-0.05, 0) is 48.9 Å². The highest BCUT2D eigenvalue weighted by Crippen LogP contribution is 2.42. The van der Waals surface area contributed by atoms with Crippen molar-refractivity contribution in [2.24, 2.45) is 0 Å². The van der Waals surface area contributed by atoms with Crippen LogP contribution in [0.2, 0.25) is 0 Å². The summed E-state index contributed by atoms with van der Waals surface area (Å²) in [6.07, 6.45) is 2.33. The van der Waals surface area contributed by atoms with Gasteiger partial charge in [-0.3, -0.25) is 4.79 Å². The normalized spacial score (nSPS) is 13.8. The van der Waals surface area contributed by atoms with E-state index in [1.807, 2.05) is 36.4 Å². The van der Waals surface area contributed by atoms with Crippen LogP contribution in [0.5, 0.6) is 0 Å². The number of esters is 1. The van der Waals surface area contributed by atoms with E-state index in [-0.39, 0.29) is 17.7 Å². The molecule has 1 aliphatic rings. The third-order valence-electron chi connectivity index (χ3n) is 4.59. The van der Waals surface area contributed by atoms with Crippen LogP contribution in [0.15, 0.2) is 53.3 Å². The number of aromatic nitrogens is 1. The molecule has 3 aromatic rings. The van der Waals surface area contributed by atoms with Crippen molar-refractivity contribution in [1.82, 2.24) is 4.98 Å². The summed E-state index contributed by atoms with van der Waals surface area (Å²) < 4.78 is 5.04. The quantitative estimate of drug-likeness (QED) is 0.726. The van der Waals surface area contributed by atoms with Crippen LogP contribution in [0.4, 0.5) is 0 Å². The van der Waals surface area contributed by atoms with Crippen LogP contribution in [0.1, 0.15) is 41.7 Å². The van der Waals surface area contributed by atoms with Crippen molar-refractivity contribution in [3.8, 4) is 11.1 Å². The van der Waals surface area contributed by atoms with Crippen molar-refractivity contribution in [2.45, 2.75) is 25.7 Å². The Morgan fingerprint density at radius 1 is 1.16 bits per heavy atom. The summed E-state index contributed by atoms with van der Waals surface area (Å²) in [6.45, 7) is 2.01. The molecule has 0 amide bonds. The van der Waals surface area contributed by atoms with Gasteiger partial charge in [0.25, 0.3) is 0 Å². The van der Waals surface area contributed by atoms with Crippen LogP contribution < -0.4 is 5.43 Å². The van der Waals surface area contributed by atoms with Gasteiger partial charge in [0.2, 0.25) is 0 Å². The lowest BCUT2D eigenvalue weighted by molar-refractivity contribution is 0.0520. The lowest BCUT2D eigenvalue weighted by Crippen LogP contribution is -2.13. The van der Waals surface area contributed by atoms with E-state index in [1.165, 1.54) is 24.5 Å². The van der Waals surface area contributed by atoms with Crippen molar-refractivity contribution >= 4 is 16.9 Å². The number of H-pyrrole nitrogens is 1. The van der Waals surface area contributed by atoms with Gasteiger partial charge in [0.05, 0.1) is 12.1 Å². The summed E-state index contributed by atoms with van der Waals surface area (Å²) in [5, 5.41) is 0.622. The predicted octanol–water partition coefficient (Wildman–Crippen LogP) is 4.25. The minimum absolute atomic E-state index is 0.156. The zero-order valence-corrected chi connectivity index (χ0v) is 14.0. The molecule has 1 aliphatic carbocycles. The molecule has 4 rings (SSSR count). The number of carbonyl (C=O) groups excluding carboxylic acids is 1. The van der Waals surface area contributed by atoms with E-state index < -0.39 is 5.97 Å². The largest absolute Gasteiger partial charge is 0.461 e. The molecule has 126 valence electrons. The minimum atomic E-state index is -0.508. The number of nitrogens with one attached hydrogen (secondary N) is 1. The molecular formula is C21H19NO3. The standard InChI is InChI=1S/C21H19NO3/c1-2-25-21(24)18-12-19(23)17-11-15(13-8-9-13)10-16(20(17)22-18)14-6-4-3-5-7-14/h3-7,10-13H,2,8-9H2,1H3,(H,22,23). The Morgan fingerprint density at radius 2 is 1.92 bits per heavy atom. The second-order valence-corrected chi connectivity index (χ2v) is 6.40. The van der Waals surface area contributed by atoms with E-state index in [9.17, 15) is 9.59 Å². The molecule has 0 radical (unpaired) electrons.